The predicted octanol–water partition coefficient (Wildman–Crippen LogP) is 3.81. The van der Waals surface area contributed by atoms with Crippen molar-refractivity contribution in [2.24, 2.45) is 5.10 Å². The number of halogens is 1. The Balaban J connectivity index is 1.64. The normalized spacial score (nSPS) is 10.8. The maximum absolute atomic E-state index is 12.0. The number of nitrogens with one attached hydrogen (secondary N) is 2. The van der Waals surface area contributed by atoms with Crippen molar-refractivity contribution in [3.05, 3.63) is 70.9 Å². The Bertz CT molecular complexity index is 949. The number of rotatable bonds is 5. The number of ether oxygens (including phenoxy) is 1. The molecule has 6 nitrogen and oxygen atoms in total. The van der Waals surface area contributed by atoms with E-state index in [-0.39, 0.29) is 10.8 Å². The number of nitrogens with zero attached hydrogens (tertiary/aromatic N) is 1. The Kier molecular flexibility index (Phi) is 5.24. The van der Waals surface area contributed by atoms with Gasteiger partial charge in [-0.2, -0.15) is 5.10 Å². The van der Waals surface area contributed by atoms with Crippen LogP contribution < -0.4 is 10.2 Å². The zero-order valence-electron chi connectivity index (χ0n) is 13.9. The number of hydrogen-bond donors (Lipinski definition) is 3. The molecule has 3 rings (SSSR count). The second-order valence-corrected chi connectivity index (χ2v) is 5.83. The van der Waals surface area contributed by atoms with E-state index >= 15 is 0 Å². The summed E-state index contributed by atoms with van der Waals surface area (Å²) in [7, 11) is 1.62. The molecule has 0 saturated carbocycles. The zero-order valence-corrected chi connectivity index (χ0v) is 14.6. The summed E-state index contributed by atoms with van der Waals surface area (Å²) in [5.74, 6) is 0.286. The number of methoxy groups -OCH3 is 1. The predicted molar refractivity (Wildman–Crippen MR) is 101 cm³/mol. The van der Waals surface area contributed by atoms with Crippen molar-refractivity contribution in [2.75, 3.05) is 7.11 Å². The van der Waals surface area contributed by atoms with Crippen molar-refractivity contribution in [2.45, 2.75) is 0 Å². The lowest BCUT2D eigenvalue weighted by molar-refractivity contribution is 0.0955. The molecule has 1 amide bonds. The number of amides is 1. The fourth-order valence-corrected chi connectivity index (χ4v) is 2.48. The highest BCUT2D eigenvalue weighted by molar-refractivity contribution is 6.32. The van der Waals surface area contributed by atoms with Gasteiger partial charge in [-0.15, -0.1) is 0 Å². The van der Waals surface area contributed by atoms with E-state index in [1.807, 2.05) is 36.4 Å². The van der Waals surface area contributed by atoms with Crippen molar-refractivity contribution in [3.8, 4) is 22.8 Å². The van der Waals surface area contributed by atoms with Crippen LogP contribution in [0.25, 0.3) is 11.3 Å². The molecule has 0 atom stereocenters. The van der Waals surface area contributed by atoms with Crippen LogP contribution in [0.2, 0.25) is 5.02 Å². The van der Waals surface area contributed by atoms with Crippen molar-refractivity contribution < 1.29 is 14.6 Å². The molecule has 0 radical (unpaired) electrons. The van der Waals surface area contributed by atoms with Crippen LogP contribution in [0.3, 0.4) is 0 Å². The highest BCUT2D eigenvalue weighted by Crippen LogP contribution is 2.23. The fraction of sp³-hybridized carbons (Fsp3) is 0.0526. The average molecular weight is 370 g/mol. The zero-order chi connectivity index (χ0) is 18.5. The van der Waals surface area contributed by atoms with Gasteiger partial charge in [-0.3, -0.25) is 4.79 Å². The molecule has 0 aliphatic heterocycles. The first-order chi connectivity index (χ1) is 12.6. The van der Waals surface area contributed by atoms with Gasteiger partial charge in [0.05, 0.1) is 24.0 Å². The Morgan fingerprint density at radius 3 is 2.65 bits per heavy atom. The Labute approximate surface area is 155 Å². The lowest BCUT2D eigenvalue weighted by Gasteiger charge is -2.02. The minimum Gasteiger partial charge on any atom is -0.506 e. The van der Waals surface area contributed by atoms with Crippen molar-refractivity contribution in [3.63, 3.8) is 0 Å². The van der Waals surface area contributed by atoms with E-state index in [1.54, 1.807) is 7.11 Å². The fourth-order valence-electron chi connectivity index (χ4n) is 2.30. The molecule has 1 heterocycles. The number of H-pyrrole nitrogens is 1. The van der Waals surface area contributed by atoms with Gasteiger partial charge in [-0.1, -0.05) is 11.6 Å². The minimum atomic E-state index is -0.426. The smallest absolute Gasteiger partial charge is 0.271 e. The molecule has 2 aromatic carbocycles. The first-order valence-electron chi connectivity index (χ1n) is 7.72. The quantitative estimate of drug-likeness (QED) is 0.472. The summed E-state index contributed by atoms with van der Waals surface area (Å²) in [4.78, 5) is 15.2. The van der Waals surface area contributed by atoms with Crippen LogP contribution in [0.4, 0.5) is 0 Å². The average Bonchev–Trinajstić information content (AvgIpc) is 3.13. The second kappa shape index (κ2) is 7.76. The van der Waals surface area contributed by atoms with E-state index in [0.717, 1.165) is 22.7 Å². The summed E-state index contributed by atoms with van der Waals surface area (Å²) in [6.07, 6.45) is 1.51. The van der Waals surface area contributed by atoms with E-state index in [2.05, 4.69) is 15.5 Å². The first-order valence-corrected chi connectivity index (χ1v) is 8.10. The van der Waals surface area contributed by atoms with Gasteiger partial charge < -0.3 is 14.8 Å². The SMILES string of the molecule is COc1ccc(-c2ccc(C=NNC(=O)c3ccc(O)c(Cl)c3)[nH]2)cc1. The van der Waals surface area contributed by atoms with Crippen LogP contribution in [0.15, 0.2) is 59.7 Å². The van der Waals surface area contributed by atoms with Crippen LogP contribution in [-0.4, -0.2) is 29.3 Å². The van der Waals surface area contributed by atoms with Crippen LogP contribution in [0, 0.1) is 0 Å². The monoisotopic (exact) mass is 369 g/mol. The molecule has 0 unspecified atom stereocenters. The molecule has 3 N–H and O–H groups in total. The van der Waals surface area contributed by atoms with E-state index in [1.165, 1.54) is 24.4 Å². The lowest BCUT2D eigenvalue weighted by Crippen LogP contribution is -2.17. The molecule has 26 heavy (non-hydrogen) atoms. The summed E-state index contributed by atoms with van der Waals surface area (Å²) in [6, 6.07) is 15.6. The third kappa shape index (κ3) is 4.04. The van der Waals surface area contributed by atoms with Gasteiger partial charge >= 0.3 is 0 Å². The van der Waals surface area contributed by atoms with Crippen molar-refractivity contribution in [1.29, 1.82) is 0 Å². The van der Waals surface area contributed by atoms with Gasteiger partial charge in [0.15, 0.2) is 0 Å². The highest BCUT2D eigenvalue weighted by atomic mass is 35.5. The Hall–Kier alpha value is -3.25. The minimum absolute atomic E-state index is 0.0795. The van der Waals surface area contributed by atoms with Gasteiger partial charge in [0, 0.05) is 11.3 Å². The topological polar surface area (TPSA) is 86.7 Å². The first kappa shape index (κ1) is 17.6. The molecule has 0 saturated heterocycles. The summed E-state index contributed by atoms with van der Waals surface area (Å²) in [5, 5.41) is 13.4. The number of hydrogen-bond acceptors (Lipinski definition) is 4. The van der Waals surface area contributed by atoms with E-state index in [0.29, 0.717) is 5.56 Å². The Morgan fingerprint density at radius 1 is 1.19 bits per heavy atom. The molecule has 7 heteroatoms. The van der Waals surface area contributed by atoms with Crippen LogP contribution in [0.1, 0.15) is 16.1 Å². The van der Waals surface area contributed by atoms with Crippen molar-refractivity contribution in [1.82, 2.24) is 10.4 Å². The number of carbonyl (C=O) groups excluding carboxylic acids is 1. The molecule has 0 fully saturated rings. The third-order valence-corrected chi connectivity index (χ3v) is 3.99. The number of aromatic nitrogens is 1. The maximum atomic E-state index is 12.0. The standard InChI is InChI=1S/C19H16ClN3O3/c1-26-15-6-2-12(3-7-15)17-8-5-14(22-17)11-21-23-19(25)13-4-9-18(24)16(20)10-13/h2-11,22,24H,1H3,(H,23,25). The van der Waals surface area contributed by atoms with Crippen LogP contribution >= 0.6 is 11.6 Å². The molecule has 0 bridgehead atoms. The second-order valence-electron chi connectivity index (χ2n) is 5.42. The molecular weight excluding hydrogens is 354 g/mol. The third-order valence-electron chi connectivity index (χ3n) is 3.69. The molecule has 0 aliphatic rings. The van der Waals surface area contributed by atoms with Crippen LogP contribution in [0.5, 0.6) is 11.5 Å². The number of phenolic OH excluding ortho intramolecular Hbond substituents is 1. The maximum Gasteiger partial charge on any atom is 0.271 e. The molecule has 0 spiro atoms. The molecule has 1 aromatic heterocycles. The van der Waals surface area contributed by atoms with E-state index < -0.39 is 5.91 Å². The molecular formula is C19H16ClN3O3. The largest absolute Gasteiger partial charge is 0.506 e. The number of carbonyl (C=O) groups is 1. The Morgan fingerprint density at radius 2 is 1.96 bits per heavy atom. The van der Waals surface area contributed by atoms with Gasteiger partial charge in [0.25, 0.3) is 5.91 Å². The van der Waals surface area contributed by atoms with Crippen LogP contribution in [-0.2, 0) is 0 Å². The van der Waals surface area contributed by atoms with Crippen molar-refractivity contribution >= 4 is 23.7 Å². The summed E-state index contributed by atoms with van der Waals surface area (Å²) in [6.45, 7) is 0. The molecule has 132 valence electrons. The summed E-state index contributed by atoms with van der Waals surface area (Å²) < 4.78 is 5.14. The van der Waals surface area contributed by atoms with Gasteiger partial charge in [-0.25, -0.2) is 5.43 Å². The van der Waals surface area contributed by atoms with E-state index in [9.17, 15) is 9.90 Å². The molecule has 0 aliphatic carbocycles. The number of aromatic hydroxyl groups is 1. The lowest BCUT2D eigenvalue weighted by atomic mass is 10.1. The number of aromatic amines is 1. The number of phenols is 1. The number of benzene rings is 2. The van der Waals surface area contributed by atoms with Gasteiger partial charge in [0.2, 0.25) is 0 Å². The number of hydrazone groups is 1. The highest BCUT2D eigenvalue weighted by Gasteiger charge is 2.07. The van der Waals surface area contributed by atoms with E-state index in [4.69, 9.17) is 16.3 Å². The molecule has 3 aromatic rings. The summed E-state index contributed by atoms with van der Waals surface area (Å²) in [5.41, 5.74) is 5.38. The summed E-state index contributed by atoms with van der Waals surface area (Å²) >= 11 is 5.79. The van der Waals surface area contributed by atoms with Gasteiger partial charge in [-0.05, 0) is 60.2 Å². The van der Waals surface area contributed by atoms with Gasteiger partial charge in [0.1, 0.15) is 11.5 Å².